The first-order chi connectivity index (χ1) is 11.5. The Morgan fingerprint density at radius 2 is 1.83 bits per heavy atom. The molecule has 0 aliphatic heterocycles. The number of hydrogen-bond acceptors (Lipinski definition) is 3. The number of benzene rings is 2. The van der Waals surface area contributed by atoms with Crippen LogP contribution in [0.5, 0.6) is 5.75 Å². The van der Waals surface area contributed by atoms with Crippen LogP contribution in [-0.2, 0) is 11.2 Å². The summed E-state index contributed by atoms with van der Waals surface area (Å²) in [4.78, 5) is 11.4. The molecule has 0 aliphatic carbocycles. The van der Waals surface area contributed by atoms with Crippen LogP contribution in [0.1, 0.15) is 38.7 Å². The van der Waals surface area contributed by atoms with Crippen LogP contribution in [0.15, 0.2) is 42.5 Å². The number of nitrogens with one attached hydrogen (secondary N) is 1. The first kappa shape index (κ1) is 18.2. The molecule has 2 aromatic rings. The Balaban J connectivity index is 2.26. The van der Waals surface area contributed by atoms with Crippen molar-refractivity contribution in [3.05, 3.63) is 53.1 Å². The number of hydrogen-bond donors (Lipinski definition) is 1. The molecule has 0 fully saturated rings. The topological polar surface area (TPSA) is 50.1 Å². The molecule has 126 valence electrons. The Morgan fingerprint density at radius 1 is 1.12 bits per heavy atom. The molecule has 0 aromatic heterocycles. The van der Waals surface area contributed by atoms with Gasteiger partial charge in [-0.25, -0.2) is 0 Å². The molecule has 2 rings (SSSR count). The molecule has 0 amide bonds. The zero-order chi connectivity index (χ0) is 17.5. The van der Waals surface area contributed by atoms with Gasteiger partial charge in [-0.2, -0.15) is 0 Å². The summed E-state index contributed by atoms with van der Waals surface area (Å²) in [6.45, 7) is 3.48. The molecule has 0 atom stereocenters. The molecule has 1 N–H and O–H groups in total. The third-order valence-corrected chi connectivity index (χ3v) is 3.97. The van der Waals surface area contributed by atoms with Gasteiger partial charge in [0.05, 0.1) is 0 Å². The maximum Gasteiger partial charge on any atom is 0.308 e. The van der Waals surface area contributed by atoms with Gasteiger partial charge in [-0.3, -0.25) is 4.79 Å². The number of esters is 1. The maximum atomic E-state index is 11.4. The molecule has 0 bridgehead atoms. The van der Waals surface area contributed by atoms with E-state index in [1.807, 2.05) is 42.5 Å². The molecule has 0 saturated carbocycles. The van der Waals surface area contributed by atoms with Gasteiger partial charge in [-0.1, -0.05) is 49.2 Å². The van der Waals surface area contributed by atoms with Crippen LogP contribution in [0.3, 0.4) is 0 Å². The van der Waals surface area contributed by atoms with E-state index in [9.17, 15) is 4.79 Å². The van der Waals surface area contributed by atoms with Crippen LogP contribution in [0.4, 0.5) is 0 Å². The standard InChI is InChI=1S/C20H22ClNO2/c1-3-4-18(22)11-5-15-6-12-19(20(13-15)24-14(2)23)16-7-9-17(21)10-8-16/h6-10,12-13,22H,3-5,11H2,1-2H3. The van der Waals surface area contributed by atoms with E-state index < -0.39 is 0 Å². The highest BCUT2D eigenvalue weighted by atomic mass is 35.5. The first-order valence-corrected chi connectivity index (χ1v) is 8.51. The van der Waals surface area contributed by atoms with Crippen molar-refractivity contribution in [2.24, 2.45) is 0 Å². The summed E-state index contributed by atoms with van der Waals surface area (Å²) in [5, 5.41) is 8.57. The summed E-state index contributed by atoms with van der Waals surface area (Å²) in [7, 11) is 0. The summed E-state index contributed by atoms with van der Waals surface area (Å²) < 4.78 is 5.40. The van der Waals surface area contributed by atoms with Gasteiger partial charge < -0.3 is 10.1 Å². The van der Waals surface area contributed by atoms with Gasteiger partial charge in [0.25, 0.3) is 0 Å². The van der Waals surface area contributed by atoms with E-state index in [0.29, 0.717) is 10.8 Å². The molecule has 0 radical (unpaired) electrons. The molecule has 4 heteroatoms. The third kappa shape index (κ3) is 5.20. The molecule has 0 aliphatic rings. The summed E-state index contributed by atoms with van der Waals surface area (Å²) in [5.74, 6) is 0.199. The number of halogens is 1. The van der Waals surface area contributed by atoms with Crippen molar-refractivity contribution in [1.82, 2.24) is 0 Å². The van der Waals surface area contributed by atoms with Crippen molar-refractivity contribution in [1.29, 1.82) is 5.41 Å². The Kier molecular flexibility index (Phi) is 6.56. The molecular formula is C20H22ClNO2. The summed E-state index contributed by atoms with van der Waals surface area (Å²) >= 11 is 5.94. The predicted octanol–water partition coefficient (Wildman–Crippen LogP) is 5.68. The van der Waals surface area contributed by atoms with E-state index in [4.69, 9.17) is 21.7 Å². The minimum Gasteiger partial charge on any atom is -0.426 e. The van der Waals surface area contributed by atoms with Crippen LogP contribution in [0.25, 0.3) is 11.1 Å². The lowest BCUT2D eigenvalue weighted by Gasteiger charge is -2.12. The van der Waals surface area contributed by atoms with Gasteiger partial charge in [0.2, 0.25) is 0 Å². The lowest BCUT2D eigenvalue weighted by molar-refractivity contribution is -0.131. The van der Waals surface area contributed by atoms with E-state index in [1.54, 1.807) is 0 Å². The molecule has 0 unspecified atom stereocenters. The second-order valence-electron chi connectivity index (χ2n) is 5.78. The van der Waals surface area contributed by atoms with Gasteiger partial charge in [0, 0.05) is 23.2 Å². The van der Waals surface area contributed by atoms with Crippen LogP contribution in [-0.4, -0.2) is 11.7 Å². The van der Waals surface area contributed by atoms with Crippen LogP contribution in [0.2, 0.25) is 5.02 Å². The second kappa shape index (κ2) is 8.65. The van der Waals surface area contributed by atoms with Crippen molar-refractivity contribution in [2.45, 2.75) is 39.5 Å². The van der Waals surface area contributed by atoms with Crippen LogP contribution < -0.4 is 4.74 Å². The molecule has 3 nitrogen and oxygen atoms in total. The van der Waals surface area contributed by atoms with E-state index in [2.05, 4.69) is 6.92 Å². The maximum absolute atomic E-state index is 11.4. The number of carbonyl (C=O) groups excluding carboxylic acids is 1. The van der Waals surface area contributed by atoms with Crippen LogP contribution >= 0.6 is 11.6 Å². The minimum absolute atomic E-state index is 0.346. The quantitative estimate of drug-likeness (QED) is 0.399. The highest BCUT2D eigenvalue weighted by Gasteiger charge is 2.10. The van der Waals surface area contributed by atoms with Crippen LogP contribution in [0, 0.1) is 5.41 Å². The zero-order valence-corrected chi connectivity index (χ0v) is 14.8. The fraction of sp³-hybridized carbons (Fsp3) is 0.300. The molecule has 24 heavy (non-hydrogen) atoms. The zero-order valence-electron chi connectivity index (χ0n) is 14.1. The van der Waals surface area contributed by atoms with Crippen molar-refractivity contribution < 1.29 is 9.53 Å². The highest BCUT2D eigenvalue weighted by molar-refractivity contribution is 6.30. The third-order valence-electron chi connectivity index (χ3n) is 3.72. The predicted molar refractivity (Wildman–Crippen MR) is 99.2 cm³/mol. The highest BCUT2D eigenvalue weighted by Crippen LogP contribution is 2.32. The lowest BCUT2D eigenvalue weighted by Crippen LogP contribution is -2.04. The summed E-state index contributed by atoms with van der Waals surface area (Å²) in [6.07, 6.45) is 3.33. The van der Waals surface area contributed by atoms with Gasteiger partial charge >= 0.3 is 5.97 Å². The normalized spacial score (nSPS) is 10.5. The summed E-state index contributed by atoms with van der Waals surface area (Å²) in [6, 6.07) is 13.3. The van der Waals surface area contributed by atoms with Crippen molar-refractivity contribution >= 4 is 23.3 Å². The average Bonchev–Trinajstić information content (AvgIpc) is 2.54. The monoisotopic (exact) mass is 343 g/mol. The Labute approximate surface area is 148 Å². The molecule has 0 saturated heterocycles. The first-order valence-electron chi connectivity index (χ1n) is 8.13. The Morgan fingerprint density at radius 3 is 2.46 bits per heavy atom. The summed E-state index contributed by atoms with van der Waals surface area (Å²) in [5.41, 5.74) is 3.62. The van der Waals surface area contributed by atoms with E-state index >= 15 is 0 Å². The average molecular weight is 344 g/mol. The SMILES string of the molecule is CCCC(=N)CCc1ccc(-c2ccc(Cl)cc2)c(OC(C)=O)c1. The van der Waals surface area contributed by atoms with Gasteiger partial charge in [-0.05, 0) is 48.6 Å². The second-order valence-corrected chi connectivity index (χ2v) is 6.22. The molecule has 0 heterocycles. The van der Waals surface area contributed by atoms with Gasteiger partial charge in [0.15, 0.2) is 0 Å². The fourth-order valence-electron chi connectivity index (χ4n) is 2.55. The molecule has 2 aromatic carbocycles. The number of carbonyl (C=O) groups is 1. The Hall–Kier alpha value is -2.13. The van der Waals surface area contributed by atoms with Crippen molar-refractivity contribution in [3.8, 4) is 16.9 Å². The number of aryl methyl sites for hydroxylation is 1. The van der Waals surface area contributed by atoms with Crippen molar-refractivity contribution in [2.75, 3.05) is 0 Å². The van der Waals surface area contributed by atoms with Gasteiger partial charge in [-0.15, -0.1) is 0 Å². The number of ether oxygens (including phenoxy) is 1. The van der Waals surface area contributed by atoms with E-state index in [1.165, 1.54) is 6.92 Å². The largest absolute Gasteiger partial charge is 0.426 e. The minimum atomic E-state index is -0.346. The Bertz CT molecular complexity index is 723. The molecule has 0 spiro atoms. The van der Waals surface area contributed by atoms with E-state index in [0.717, 1.165) is 48.1 Å². The fourth-order valence-corrected chi connectivity index (χ4v) is 2.68. The van der Waals surface area contributed by atoms with Gasteiger partial charge in [0.1, 0.15) is 5.75 Å². The van der Waals surface area contributed by atoms with Crippen molar-refractivity contribution in [3.63, 3.8) is 0 Å². The van der Waals surface area contributed by atoms with E-state index in [-0.39, 0.29) is 5.97 Å². The lowest BCUT2D eigenvalue weighted by atomic mass is 9.99. The number of rotatable bonds is 7. The smallest absolute Gasteiger partial charge is 0.308 e. The molecular weight excluding hydrogens is 322 g/mol.